The summed E-state index contributed by atoms with van der Waals surface area (Å²) in [4.78, 5) is 0. The van der Waals surface area contributed by atoms with Crippen molar-refractivity contribution in [3.05, 3.63) is 251 Å². The second kappa shape index (κ2) is 18.3. The van der Waals surface area contributed by atoms with Crippen molar-refractivity contribution in [2.24, 2.45) is 0 Å². The number of allylic oxidation sites excluding steroid dienone is 4. The smallest absolute Gasteiger partial charge is 0.247 e. The van der Waals surface area contributed by atoms with E-state index in [9.17, 15) is 0 Å². The molecule has 0 amide bonds. The Morgan fingerprint density at radius 3 is 1.24 bits per heavy atom. The van der Waals surface area contributed by atoms with Crippen molar-refractivity contribution in [1.29, 1.82) is 0 Å². The molecule has 9 aromatic carbocycles. The largest absolute Gasteiger partial charge is 0.458 e. The first kappa shape index (κ1) is 48.3. The summed E-state index contributed by atoms with van der Waals surface area (Å²) in [5.74, 6) is 2.21. The Bertz CT molecular complexity index is 3650. The van der Waals surface area contributed by atoms with Gasteiger partial charge in [0.05, 0.1) is 0 Å². The number of fused-ring (bicyclic) bond motifs is 6. The second-order valence-electron chi connectivity index (χ2n) is 24.1. The van der Waals surface area contributed by atoms with Gasteiger partial charge in [-0.1, -0.05) is 278 Å². The van der Waals surface area contributed by atoms with Gasteiger partial charge in [-0.05, 0) is 125 Å². The van der Waals surface area contributed by atoms with Crippen LogP contribution in [0.5, 0.6) is 11.5 Å². The van der Waals surface area contributed by atoms with Crippen LogP contribution in [0.2, 0.25) is 0 Å². The van der Waals surface area contributed by atoms with E-state index in [1.165, 1.54) is 116 Å². The zero-order valence-electron chi connectivity index (χ0n) is 45.3. The fraction of sp³-hybridized carbons (Fsp3) is 0.194. The molecule has 0 aromatic heterocycles. The van der Waals surface area contributed by atoms with E-state index >= 15 is 0 Å². The highest BCUT2D eigenvalue weighted by molar-refractivity contribution is 6.99. The van der Waals surface area contributed by atoms with Crippen LogP contribution in [0.25, 0.3) is 50.1 Å². The molecule has 9 aromatic rings. The number of rotatable bonds is 8. The summed E-state index contributed by atoms with van der Waals surface area (Å²) in [5, 5.41) is 0. The Labute approximate surface area is 447 Å². The van der Waals surface area contributed by atoms with E-state index in [-0.39, 0.29) is 30.2 Å². The monoisotopic (exact) mass is 969 g/mol. The van der Waals surface area contributed by atoms with Crippen molar-refractivity contribution in [3.63, 3.8) is 0 Å². The Morgan fingerprint density at radius 1 is 0.427 bits per heavy atom. The molecule has 0 spiro atoms. The molecule has 3 heterocycles. The maximum Gasteiger partial charge on any atom is 0.247 e. The lowest BCUT2D eigenvalue weighted by atomic mass is 9.37. The third-order valence-corrected chi connectivity index (χ3v) is 16.9. The summed E-state index contributed by atoms with van der Waals surface area (Å²) in [6.45, 7) is 23.6. The van der Waals surface area contributed by atoms with Gasteiger partial charge in [-0.25, -0.2) is 0 Å². The lowest BCUT2D eigenvalue weighted by Gasteiger charge is -2.40. The van der Waals surface area contributed by atoms with Crippen molar-refractivity contribution in [3.8, 4) is 56.0 Å². The van der Waals surface area contributed by atoms with Crippen LogP contribution in [-0.2, 0) is 16.2 Å². The molecule has 3 aliphatic rings. The number of benzene rings is 9. The van der Waals surface area contributed by atoms with Gasteiger partial charge in [-0.2, -0.15) is 0 Å². The molecular weight excluding hydrogens is 902 g/mol. The van der Waals surface area contributed by atoms with Gasteiger partial charge in [0, 0.05) is 16.5 Å². The van der Waals surface area contributed by atoms with E-state index in [0.717, 1.165) is 11.5 Å². The molecule has 0 saturated heterocycles. The van der Waals surface area contributed by atoms with E-state index in [1.54, 1.807) is 0 Å². The van der Waals surface area contributed by atoms with Gasteiger partial charge < -0.3 is 4.74 Å². The number of hydrogen-bond acceptors (Lipinski definition) is 1. The third kappa shape index (κ3) is 8.46. The minimum absolute atomic E-state index is 0.0564. The zero-order chi connectivity index (χ0) is 52.0. The van der Waals surface area contributed by atoms with Gasteiger partial charge in [0.2, 0.25) is 13.4 Å². The maximum atomic E-state index is 7.99. The minimum Gasteiger partial charge on any atom is -0.458 e. The Kier molecular flexibility index (Phi) is 11.8. The van der Waals surface area contributed by atoms with Gasteiger partial charge in [0.15, 0.2) is 0 Å². The molecule has 0 radical (unpaired) electrons. The highest BCUT2D eigenvalue weighted by atomic mass is 16.5. The topological polar surface area (TPSA) is 9.23 Å². The van der Waals surface area contributed by atoms with Crippen LogP contribution < -0.4 is 32.1 Å². The average Bonchev–Trinajstić information content (AvgIpc) is 3.95. The summed E-state index contributed by atoms with van der Waals surface area (Å²) >= 11 is 0. The third-order valence-electron chi connectivity index (χ3n) is 16.9. The van der Waals surface area contributed by atoms with E-state index in [0.29, 0.717) is 0 Å². The molecule has 0 aliphatic carbocycles. The molecule has 3 aliphatic heterocycles. The normalized spacial score (nSPS) is 14.8. The van der Waals surface area contributed by atoms with E-state index in [2.05, 4.69) is 282 Å². The van der Waals surface area contributed by atoms with Gasteiger partial charge in [0.25, 0.3) is 0 Å². The van der Waals surface area contributed by atoms with Crippen LogP contribution in [0.3, 0.4) is 0 Å². The van der Waals surface area contributed by atoms with Crippen molar-refractivity contribution < 1.29 is 4.74 Å². The Hall–Kier alpha value is -7.61. The van der Waals surface area contributed by atoms with E-state index in [1.807, 2.05) is 0 Å². The van der Waals surface area contributed by atoms with Crippen molar-refractivity contribution >= 4 is 46.3 Å². The fourth-order valence-electron chi connectivity index (χ4n) is 12.4. The highest BCUT2D eigenvalue weighted by Gasteiger charge is 2.46. The molecule has 0 N–H and O–H groups in total. The number of ether oxygens (including phenoxy) is 1. The van der Waals surface area contributed by atoms with Crippen LogP contribution in [0, 0.1) is 0 Å². The predicted molar refractivity (Wildman–Crippen MR) is 323 cm³/mol. The van der Waals surface area contributed by atoms with E-state index in [4.69, 9.17) is 4.74 Å². The summed E-state index contributed by atoms with van der Waals surface area (Å²) in [5.41, 5.74) is 26.0. The lowest BCUT2D eigenvalue weighted by molar-refractivity contribution is 0.421. The molecule has 0 fully saturated rings. The number of hydrogen-bond donors (Lipinski definition) is 0. The molecule has 366 valence electrons. The standard InChI is InChI=1S/C72H66B2O/c1-46(48-23-15-11-16-24-48)31-35-62-47(2)57-39-52(49-25-17-12-18-26-49)32-36-63(57)73(62)66-44-55(70(3,4)5)42-60-68(66)75-69-61(72(60,9)10)43-56(71(6,7)8)45-67(69)74-64-37-33-53(50-27-19-13-20-28-50)40-58(64)59-41-54(34-38-65(59)74)51-29-21-14-22-30-51/h11-46H,1-10H3/b35-31-. The van der Waals surface area contributed by atoms with Gasteiger partial charge >= 0.3 is 0 Å². The molecule has 0 bridgehead atoms. The SMILES string of the molecule is CC1=C(/C=C\C(C)c2ccccc2)B(c2cc(C(C)(C)C)cc3c2Oc2c(B4c5ccc(-c6ccccc6)cc5-c5cc(-c6ccccc6)ccc54)cc(C(C)(C)C)cc2C3(C)C)c2ccc(-c3ccccc3)cc21. The Morgan fingerprint density at radius 2 is 0.813 bits per heavy atom. The van der Waals surface area contributed by atoms with Crippen LogP contribution in [-0.4, -0.2) is 13.4 Å². The molecule has 3 heteroatoms. The summed E-state index contributed by atoms with van der Waals surface area (Å²) in [6, 6.07) is 74.9. The van der Waals surface area contributed by atoms with E-state index < -0.39 is 5.41 Å². The average molecular weight is 969 g/mol. The van der Waals surface area contributed by atoms with Crippen LogP contribution in [0.15, 0.2) is 218 Å². The fourth-order valence-corrected chi connectivity index (χ4v) is 12.4. The zero-order valence-corrected chi connectivity index (χ0v) is 45.3. The maximum absolute atomic E-state index is 7.99. The highest BCUT2D eigenvalue weighted by Crippen LogP contribution is 2.50. The molecule has 75 heavy (non-hydrogen) atoms. The van der Waals surface area contributed by atoms with Crippen LogP contribution in [0.1, 0.15) is 109 Å². The minimum atomic E-state index is -0.414. The van der Waals surface area contributed by atoms with Crippen LogP contribution >= 0.6 is 0 Å². The first-order valence-electron chi connectivity index (χ1n) is 27.1. The quantitative estimate of drug-likeness (QED) is 0.138. The summed E-state index contributed by atoms with van der Waals surface area (Å²) in [6.07, 6.45) is 4.86. The summed E-state index contributed by atoms with van der Waals surface area (Å²) in [7, 11) is 0. The van der Waals surface area contributed by atoms with Crippen LogP contribution in [0.4, 0.5) is 0 Å². The Balaban J connectivity index is 1.09. The second-order valence-corrected chi connectivity index (χ2v) is 24.1. The first-order valence-corrected chi connectivity index (χ1v) is 27.1. The first-order chi connectivity index (χ1) is 36.0. The molecular formula is C72H66B2O. The van der Waals surface area contributed by atoms with Gasteiger partial charge in [0.1, 0.15) is 11.5 Å². The van der Waals surface area contributed by atoms with Crippen molar-refractivity contribution in [2.75, 3.05) is 0 Å². The van der Waals surface area contributed by atoms with Crippen molar-refractivity contribution in [2.45, 2.75) is 91.4 Å². The molecule has 1 atom stereocenters. The molecule has 1 nitrogen and oxygen atoms in total. The van der Waals surface area contributed by atoms with Gasteiger partial charge in [-0.15, -0.1) is 0 Å². The summed E-state index contributed by atoms with van der Waals surface area (Å²) < 4.78 is 7.99. The lowest BCUT2D eigenvalue weighted by Crippen LogP contribution is -2.51. The molecule has 0 saturated carbocycles. The van der Waals surface area contributed by atoms with Gasteiger partial charge in [-0.3, -0.25) is 0 Å². The predicted octanol–water partition coefficient (Wildman–Crippen LogP) is 15.5. The molecule has 1 unspecified atom stereocenters. The molecule has 12 rings (SSSR count). The van der Waals surface area contributed by atoms with Crippen molar-refractivity contribution in [1.82, 2.24) is 0 Å².